The minimum absolute atomic E-state index is 0. The molecule has 0 unspecified atom stereocenters. The molecule has 0 spiro atoms. The summed E-state index contributed by atoms with van der Waals surface area (Å²) in [6, 6.07) is 43.5. The van der Waals surface area contributed by atoms with E-state index < -0.39 is 26.4 Å². The van der Waals surface area contributed by atoms with Crippen LogP contribution in [0.15, 0.2) is 138 Å². The van der Waals surface area contributed by atoms with Crippen LogP contribution < -0.4 is 0 Å². The summed E-state index contributed by atoms with van der Waals surface area (Å²) >= 11 is 0. The number of benzene rings is 5. The summed E-state index contributed by atoms with van der Waals surface area (Å²) in [5.41, 5.74) is 7.24. The Kier molecular flexibility index (Phi) is 7.90. The van der Waals surface area contributed by atoms with Crippen molar-refractivity contribution < 1.29 is 38.2 Å². The molecule has 1 aliphatic rings. The third-order valence-corrected chi connectivity index (χ3v) is 9.63. The van der Waals surface area contributed by atoms with Crippen LogP contribution in [-0.2, 0) is 20.1 Å². The number of nitrogens with zero attached hydrogens (tertiary/aromatic N) is 2. The summed E-state index contributed by atoms with van der Waals surface area (Å²) in [7, 11) is 0. The molecule has 53 heavy (non-hydrogen) atoms. The maximum atomic E-state index is 9.12. The fourth-order valence-corrected chi connectivity index (χ4v) is 6.99. The molecular weight excluding hydrogens is 825 g/mol. The van der Waals surface area contributed by atoms with E-state index in [9.17, 15) is 0 Å². The van der Waals surface area contributed by atoms with Gasteiger partial charge in [0.25, 0.3) is 0 Å². The Morgan fingerprint density at radius 2 is 1.47 bits per heavy atom. The van der Waals surface area contributed by atoms with Gasteiger partial charge < -0.3 is 14.4 Å². The van der Waals surface area contributed by atoms with Crippen LogP contribution >= 0.6 is 0 Å². The minimum Gasteiger partial charge on any atom is -0.500 e. The Labute approximate surface area is 340 Å². The number of aromatic nitrogens is 2. The predicted octanol–water partition coefficient (Wildman–Crippen LogP) is 13.3. The van der Waals surface area contributed by atoms with Gasteiger partial charge in [0.15, 0.2) is 0 Å². The largest absolute Gasteiger partial charge is 0.500 e. The van der Waals surface area contributed by atoms with Gasteiger partial charge in [-0.15, -0.1) is 54.1 Å². The first-order valence-corrected chi connectivity index (χ1v) is 17.5. The number of aryl methyl sites for hydroxylation is 3. The first-order chi connectivity index (χ1) is 29.5. The van der Waals surface area contributed by atoms with E-state index in [4.69, 9.17) is 18.1 Å². The zero-order chi connectivity index (χ0) is 43.9. The second-order valence-corrected chi connectivity index (χ2v) is 13.0. The fraction of sp³-hybridized carbons (Fsp3) is 0.184. The molecule has 3 heterocycles. The Balaban J connectivity index is 0.000000295. The molecule has 8 aromatic rings. The van der Waals surface area contributed by atoms with Gasteiger partial charge in [0.2, 0.25) is 0 Å². The number of rotatable bonds is 5. The van der Waals surface area contributed by atoms with Gasteiger partial charge in [-0.05, 0) is 89.6 Å². The summed E-state index contributed by atoms with van der Waals surface area (Å²) in [6.45, 7) is -7.18. The third kappa shape index (κ3) is 7.67. The van der Waals surface area contributed by atoms with Gasteiger partial charge in [0, 0.05) is 57.2 Å². The molecule has 0 aliphatic heterocycles. The van der Waals surface area contributed by atoms with Crippen molar-refractivity contribution in [1.29, 1.82) is 0 Å². The molecule has 0 bridgehead atoms. The van der Waals surface area contributed by atoms with Crippen molar-refractivity contribution in [2.24, 2.45) is 0 Å². The van der Waals surface area contributed by atoms with Crippen LogP contribution in [0, 0.1) is 32.7 Å². The quantitative estimate of drug-likeness (QED) is 0.162. The van der Waals surface area contributed by atoms with Crippen molar-refractivity contribution >= 4 is 21.9 Å². The number of hydrogen-bond donors (Lipinski definition) is 0. The summed E-state index contributed by atoms with van der Waals surface area (Å²) < 4.78 is 87.6. The van der Waals surface area contributed by atoms with E-state index in [1.165, 1.54) is 12.4 Å². The third-order valence-electron chi connectivity index (χ3n) is 9.63. The average molecular weight is 877 g/mol. The van der Waals surface area contributed by atoms with Crippen LogP contribution in [0.2, 0.25) is 0 Å². The zero-order valence-corrected chi connectivity index (χ0v) is 31.3. The first-order valence-electron chi connectivity index (χ1n) is 22.5. The van der Waals surface area contributed by atoms with Crippen molar-refractivity contribution in [2.75, 3.05) is 0 Å². The molecule has 4 heteroatoms. The van der Waals surface area contributed by atoms with Crippen LogP contribution in [0.3, 0.4) is 0 Å². The van der Waals surface area contributed by atoms with E-state index in [2.05, 4.69) is 22.1 Å². The number of pyridine rings is 2. The van der Waals surface area contributed by atoms with Gasteiger partial charge in [0.1, 0.15) is 5.58 Å². The van der Waals surface area contributed by atoms with Crippen molar-refractivity contribution in [3.63, 3.8) is 0 Å². The Morgan fingerprint density at radius 3 is 2.25 bits per heavy atom. The van der Waals surface area contributed by atoms with Gasteiger partial charge >= 0.3 is 0 Å². The predicted molar refractivity (Wildman–Crippen MR) is 215 cm³/mol. The van der Waals surface area contributed by atoms with Crippen LogP contribution in [-0.4, -0.2) is 9.97 Å². The van der Waals surface area contributed by atoms with E-state index in [1.54, 1.807) is 48.5 Å². The van der Waals surface area contributed by atoms with Crippen molar-refractivity contribution in [1.82, 2.24) is 9.97 Å². The summed E-state index contributed by atoms with van der Waals surface area (Å²) in [4.78, 5) is 8.70. The monoisotopic (exact) mass is 877 g/mol. The van der Waals surface area contributed by atoms with Crippen molar-refractivity contribution in [2.45, 2.75) is 58.6 Å². The molecule has 9 rings (SSSR count). The number of fused-ring (bicyclic) bond motifs is 3. The molecule has 0 atom stereocenters. The van der Waals surface area contributed by atoms with E-state index in [0.29, 0.717) is 40.8 Å². The van der Waals surface area contributed by atoms with Gasteiger partial charge in [-0.2, -0.15) is 0 Å². The fourth-order valence-electron chi connectivity index (χ4n) is 6.99. The summed E-state index contributed by atoms with van der Waals surface area (Å²) in [5.74, 6) is -0.864. The molecule has 3 aromatic heterocycles. The smallest absolute Gasteiger partial charge is 0.128 e. The van der Waals surface area contributed by atoms with Gasteiger partial charge in [-0.25, -0.2) is 0 Å². The molecule has 0 amide bonds. The molecule has 1 radical (unpaired) electrons. The Hall–Kier alpha value is -5.15. The van der Waals surface area contributed by atoms with Crippen LogP contribution in [0.4, 0.5) is 0 Å². The molecule has 1 fully saturated rings. The normalized spacial score (nSPS) is 17.1. The summed E-state index contributed by atoms with van der Waals surface area (Å²) in [6.07, 6.45) is 6.93. The molecular formula is C49H42IrN2O-2. The van der Waals surface area contributed by atoms with Crippen LogP contribution in [0.25, 0.3) is 66.7 Å². The number of hydrogen-bond acceptors (Lipinski definition) is 3. The molecule has 3 nitrogen and oxygen atoms in total. The van der Waals surface area contributed by atoms with E-state index in [1.807, 2.05) is 72.8 Å². The Morgan fingerprint density at radius 1 is 0.642 bits per heavy atom. The molecule has 1 saturated carbocycles. The topological polar surface area (TPSA) is 38.9 Å². The average Bonchev–Trinajstić information content (AvgIpc) is 3.66. The Bertz CT molecular complexity index is 2850. The minimum atomic E-state index is -2.55. The number of furan rings is 1. The van der Waals surface area contributed by atoms with E-state index >= 15 is 0 Å². The van der Waals surface area contributed by atoms with Crippen molar-refractivity contribution in [3.05, 3.63) is 168 Å². The van der Waals surface area contributed by atoms with E-state index in [-0.39, 0.29) is 42.4 Å². The zero-order valence-electron chi connectivity index (χ0n) is 38.9. The second-order valence-electron chi connectivity index (χ2n) is 13.0. The van der Waals surface area contributed by atoms with Gasteiger partial charge in [-0.3, -0.25) is 0 Å². The SMILES string of the molecule is [2H]C([2H])([2H])c1ccc(-c2[c-]cccc2)nc1.[2H]C([2H])([2H])c1cnc(-c2[c-]ccc3c2oc2c(-c4ccccc4)cccc23)cc1-c1ccc(C2([2H])CCCCC2)cc1C([2H])([2H])[2H].[Ir]. The maximum absolute atomic E-state index is 9.12. The molecule has 5 aromatic carbocycles. The molecule has 265 valence electrons. The van der Waals surface area contributed by atoms with Gasteiger partial charge in [0.05, 0.1) is 5.58 Å². The van der Waals surface area contributed by atoms with Gasteiger partial charge in [-0.1, -0.05) is 115 Å². The van der Waals surface area contributed by atoms with Crippen LogP contribution in [0.1, 0.15) is 74.0 Å². The molecule has 0 N–H and O–H groups in total. The maximum Gasteiger partial charge on any atom is 0.128 e. The summed E-state index contributed by atoms with van der Waals surface area (Å²) in [5, 5.41) is 1.80. The molecule has 0 saturated heterocycles. The first kappa shape index (κ1) is 25.8. The second kappa shape index (κ2) is 16.3. The van der Waals surface area contributed by atoms with E-state index in [0.717, 1.165) is 58.0 Å². The standard InChI is InChI=1S/C37H32NO.C12H10N.Ir/c1-24-21-28(26-11-5-3-6-12-26)19-20-29(24)34-22-35(38-23-25(34)2)33-18-10-17-32-31-16-9-15-30(36(31)39-37(32)33)27-13-7-4-8-14-27;1-10-7-8-12(13-9-10)11-5-3-2-4-6-11;/h4,7-10,13-17,19-23,26H,3,5-6,11-12H2,1-2H3;2-5,7-9H,1H3;/q2*-1;/i1D3,2D3,26D;1D3;. The number of para-hydroxylation sites is 1. The van der Waals surface area contributed by atoms with Crippen molar-refractivity contribution in [3.8, 4) is 44.8 Å². The molecule has 1 aliphatic carbocycles. The van der Waals surface area contributed by atoms with Crippen LogP contribution in [0.5, 0.6) is 0 Å².